The van der Waals surface area contributed by atoms with E-state index in [0.29, 0.717) is 6.04 Å². The summed E-state index contributed by atoms with van der Waals surface area (Å²) in [5, 5.41) is 3.48. The Balaban J connectivity index is 2.05. The molecule has 0 amide bonds. The molecule has 114 valence electrons. The maximum atomic E-state index is 5.14. The number of benzene rings is 1. The normalized spacial score (nSPS) is 13.6. The summed E-state index contributed by atoms with van der Waals surface area (Å²) >= 11 is 0. The van der Waals surface area contributed by atoms with Gasteiger partial charge in [0.15, 0.2) is 0 Å². The van der Waals surface area contributed by atoms with Crippen LogP contribution in [0, 0.1) is 5.41 Å². The second kappa shape index (κ2) is 6.92. The topological polar surface area (TPSA) is 28.4 Å². The molecule has 1 atom stereocenters. The van der Waals surface area contributed by atoms with Gasteiger partial charge in [-0.3, -0.25) is 0 Å². The Labute approximate surface area is 128 Å². The van der Waals surface area contributed by atoms with Crippen molar-refractivity contribution in [2.75, 3.05) is 20.6 Å². The largest absolute Gasteiger partial charge is 0.472 e. The lowest BCUT2D eigenvalue weighted by Gasteiger charge is -2.37. The molecule has 0 bridgehead atoms. The van der Waals surface area contributed by atoms with E-state index < -0.39 is 0 Å². The van der Waals surface area contributed by atoms with Crippen molar-refractivity contribution in [1.82, 2.24) is 10.2 Å². The minimum atomic E-state index is 0.120. The molecule has 0 spiro atoms. The van der Waals surface area contributed by atoms with Crippen molar-refractivity contribution < 1.29 is 4.42 Å². The molecule has 1 aromatic carbocycles. The second-order valence-corrected chi connectivity index (χ2v) is 6.42. The number of hydrogen-bond acceptors (Lipinski definition) is 3. The van der Waals surface area contributed by atoms with Crippen LogP contribution in [0.2, 0.25) is 0 Å². The molecule has 0 saturated carbocycles. The molecule has 3 nitrogen and oxygen atoms in total. The van der Waals surface area contributed by atoms with Gasteiger partial charge in [0.25, 0.3) is 0 Å². The average molecular weight is 286 g/mol. The Hall–Kier alpha value is -1.58. The van der Waals surface area contributed by atoms with Crippen molar-refractivity contribution in [3.8, 4) is 0 Å². The first-order chi connectivity index (χ1) is 10.0. The van der Waals surface area contributed by atoms with Crippen LogP contribution in [-0.2, 0) is 6.54 Å². The average Bonchev–Trinajstić information content (AvgIpc) is 2.92. The number of nitrogens with one attached hydrogen (secondary N) is 1. The Morgan fingerprint density at radius 1 is 1.19 bits per heavy atom. The summed E-state index contributed by atoms with van der Waals surface area (Å²) in [5.74, 6) is 0. The monoisotopic (exact) mass is 286 g/mol. The third kappa shape index (κ3) is 4.19. The van der Waals surface area contributed by atoms with E-state index in [9.17, 15) is 0 Å². The van der Waals surface area contributed by atoms with Crippen LogP contribution in [0.5, 0.6) is 0 Å². The molecule has 1 heterocycles. The van der Waals surface area contributed by atoms with E-state index in [1.165, 1.54) is 11.1 Å². The predicted octanol–water partition coefficient (Wildman–Crippen LogP) is 3.70. The smallest absolute Gasteiger partial charge is 0.0947 e. The molecular weight excluding hydrogens is 260 g/mol. The van der Waals surface area contributed by atoms with Gasteiger partial charge in [-0.25, -0.2) is 0 Å². The Morgan fingerprint density at radius 3 is 2.48 bits per heavy atom. The highest BCUT2D eigenvalue weighted by atomic mass is 16.3. The Morgan fingerprint density at radius 2 is 1.90 bits per heavy atom. The van der Waals surface area contributed by atoms with Gasteiger partial charge in [0.1, 0.15) is 0 Å². The Bertz CT molecular complexity index is 519. The van der Waals surface area contributed by atoms with Gasteiger partial charge in [0, 0.05) is 24.7 Å². The van der Waals surface area contributed by atoms with E-state index in [4.69, 9.17) is 4.42 Å². The molecule has 1 unspecified atom stereocenters. The van der Waals surface area contributed by atoms with Crippen LogP contribution in [0.15, 0.2) is 53.3 Å². The first-order valence-corrected chi connectivity index (χ1v) is 7.45. The fourth-order valence-corrected chi connectivity index (χ4v) is 3.19. The summed E-state index contributed by atoms with van der Waals surface area (Å²) in [6.07, 6.45) is 3.55. The fourth-order valence-electron chi connectivity index (χ4n) is 3.19. The van der Waals surface area contributed by atoms with Gasteiger partial charge >= 0.3 is 0 Å². The van der Waals surface area contributed by atoms with Crippen LogP contribution >= 0.6 is 0 Å². The molecule has 0 fully saturated rings. The predicted molar refractivity (Wildman–Crippen MR) is 87.1 cm³/mol. The maximum absolute atomic E-state index is 5.14. The standard InChI is InChI=1S/C18H26N2O/c1-18(2,14-20(4)12-15-10-11-21-13-15)17(19-3)16-8-6-5-7-9-16/h5-11,13,17,19H,12,14H2,1-4H3. The lowest BCUT2D eigenvalue weighted by molar-refractivity contribution is 0.156. The van der Waals surface area contributed by atoms with Gasteiger partial charge < -0.3 is 14.6 Å². The van der Waals surface area contributed by atoms with Crippen molar-refractivity contribution in [2.24, 2.45) is 5.41 Å². The third-order valence-electron chi connectivity index (χ3n) is 3.91. The van der Waals surface area contributed by atoms with Crippen molar-refractivity contribution in [3.63, 3.8) is 0 Å². The molecule has 0 aliphatic heterocycles. The first kappa shape index (κ1) is 15.8. The number of nitrogens with zero attached hydrogens (tertiary/aromatic N) is 1. The van der Waals surface area contributed by atoms with Crippen molar-refractivity contribution in [1.29, 1.82) is 0 Å². The quantitative estimate of drug-likeness (QED) is 0.841. The van der Waals surface area contributed by atoms with E-state index in [1.54, 1.807) is 6.26 Å². The molecule has 2 rings (SSSR count). The van der Waals surface area contributed by atoms with Gasteiger partial charge in [-0.2, -0.15) is 0 Å². The van der Waals surface area contributed by atoms with E-state index in [0.717, 1.165) is 13.1 Å². The maximum Gasteiger partial charge on any atom is 0.0947 e. The van der Waals surface area contributed by atoms with E-state index >= 15 is 0 Å². The van der Waals surface area contributed by atoms with Crippen molar-refractivity contribution in [3.05, 3.63) is 60.1 Å². The molecule has 3 heteroatoms. The SMILES string of the molecule is CNC(c1ccccc1)C(C)(C)CN(C)Cc1ccoc1. The summed E-state index contributed by atoms with van der Waals surface area (Å²) in [4.78, 5) is 2.35. The summed E-state index contributed by atoms with van der Waals surface area (Å²) in [5.41, 5.74) is 2.67. The molecule has 2 aromatic rings. The van der Waals surface area contributed by atoms with Gasteiger partial charge in [-0.05, 0) is 31.1 Å². The van der Waals surface area contributed by atoms with Crippen molar-refractivity contribution >= 4 is 0 Å². The second-order valence-electron chi connectivity index (χ2n) is 6.42. The lowest BCUT2D eigenvalue weighted by atomic mass is 9.80. The fraction of sp³-hybridized carbons (Fsp3) is 0.444. The molecule has 1 N–H and O–H groups in total. The van der Waals surface area contributed by atoms with Crippen LogP contribution in [0.25, 0.3) is 0 Å². The number of hydrogen-bond donors (Lipinski definition) is 1. The van der Waals surface area contributed by atoms with Crippen LogP contribution in [-0.4, -0.2) is 25.5 Å². The van der Waals surface area contributed by atoms with Crippen molar-refractivity contribution in [2.45, 2.75) is 26.4 Å². The zero-order chi connectivity index (χ0) is 15.3. The van der Waals surface area contributed by atoms with Gasteiger partial charge in [0.2, 0.25) is 0 Å². The molecule has 0 aliphatic rings. The highest BCUT2D eigenvalue weighted by Crippen LogP contribution is 2.33. The summed E-state index contributed by atoms with van der Waals surface area (Å²) < 4.78 is 5.14. The van der Waals surface area contributed by atoms with Crippen LogP contribution in [0.1, 0.15) is 31.0 Å². The summed E-state index contributed by atoms with van der Waals surface area (Å²) in [6, 6.07) is 13.0. The first-order valence-electron chi connectivity index (χ1n) is 7.45. The molecular formula is C18H26N2O. The zero-order valence-corrected chi connectivity index (χ0v) is 13.5. The van der Waals surface area contributed by atoms with Gasteiger partial charge in [-0.15, -0.1) is 0 Å². The molecule has 0 radical (unpaired) electrons. The van der Waals surface area contributed by atoms with E-state index in [2.05, 4.69) is 61.4 Å². The van der Waals surface area contributed by atoms with Crippen LogP contribution in [0.4, 0.5) is 0 Å². The third-order valence-corrected chi connectivity index (χ3v) is 3.91. The lowest BCUT2D eigenvalue weighted by Crippen LogP contribution is -2.40. The molecule has 1 aromatic heterocycles. The van der Waals surface area contributed by atoms with E-state index in [1.807, 2.05) is 19.4 Å². The van der Waals surface area contributed by atoms with Crippen LogP contribution < -0.4 is 5.32 Å². The minimum absolute atomic E-state index is 0.120. The summed E-state index contributed by atoms with van der Waals surface area (Å²) in [6.45, 7) is 6.53. The van der Waals surface area contributed by atoms with E-state index in [-0.39, 0.29) is 5.41 Å². The Kier molecular flexibility index (Phi) is 5.21. The van der Waals surface area contributed by atoms with Crippen LogP contribution in [0.3, 0.4) is 0 Å². The van der Waals surface area contributed by atoms with Gasteiger partial charge in [0.05, 0.1) is 12.5 Å². The van der Waals surface area contributed by atoms with Gasteiger partial charge in [-0.1, -0.05) is 44.2 Å². The molecule has 21 heavy (non-hydrogen) atoms. The molecule has 0 saturated heterocycles. The minimum Gasteiger partial charge on any atom is -0.472 e. The number of furan rings is 1. The molecule has 0 aliphatic carbocycles. The number of rotatable bonds is 7. The highest BCUT2D eigenvalue weighted by Gasteiger charge is 2.30. The summed E-state index contributed by atoms with van der Waals surface area (Å²) in [7, 11) is 4.20. The zero-order valence-electron chi connectivity index (χ0n) is 13.5. The highest BCUT2D eigenvalue weighted by molar-refractivity contribution is 5.21.